The van der Waals surface area contributed by atoms with Crippen molar-refractivity contribution in [1.29, 1.82) is 0 Å². The maximum Gasteiger partial charge on any atom is 0.0274 e. The van der Waals surface area contributed by atoms with E-state index in [1.54, 1.807) is 11.1 Å². The minimum atomic E-state index is 0.205. The highest BCUT2D eigenvalue weighted by Crippen LogP contribution is 2.69. The van der Waals surface area contributed by atoms with Crippen LogP contribution in [0.3, 0.4) is 0 Å². The van der Waals surface area contributed by atoms with Crippen molar-refractivity contribution in [3.63, 3.8) is 0 Å². The van der Waals surface area contributed by atoms with Crippen molar-refractivity contribution in [2.24, 2.45) is 23.7 Å². The summed E-state index contributed by atoms with van der Waals surface area (Å²) in [6.45, 7) is 4.99. The van der Waals surface area contributed by atoms with Gasteiger partial charge in [-0.3, -0.25) is 0 Å². The molecule has 3 aromatic rings. The summed E-state index contributed by atoms with van der Waals surface area (Å²) < 4.78 is 2.23. The van der Waals surface area contributed by atoms with E-state index >= 15 is 0 Å². The van der Waals surface area contributed by atoms with Crippen molar-refractivity contribution < 1.29 is 0 Å². The molecule has 5 atom stereocenters. The fourth-order valence-corrected chi connectivity index (χ4v) is 8.74. The fourth-order valence-electron chi connectivity index (χ4n) is 7.45. The van der Waals surface area contributed by atoms with Crippen molar-refractivity contribution >= 4 is 31.9 Å². The van der Waals surface area contributed by atoms with Gasteiger partial charge in [-0.15, -0.1) is 0 Å². The van der Waals surface area contributed by atoms with Crippen LogP contribution in [0.4, 0.5) is 0 Å². The van der Waals surface area contributed by atoms with E-state index in [0.29, 0.717) is 0 Å². The van der Waals surface area contributed by atoms with Crippen molar-refractivity contribution in [3.05, 3.63) is 80.7 Å². The number of hydrogen-bond donors (Lipinski definition) is 0. The molecule has 3 aromatic carbocycles. The van der Waals surface area contributed by atoms with Crippen LogP contribution in [0.1, 0.15) is 44.2 Å². The minimum Gasteiger partial charge on any atom is -0.0625 e. The van der Waals surface area contributed by atoms with Gasteiger partial charge in [-0.2, -0.15) is 0 Å². The molecule has 0 aliphatic heterocycles. The second kappa shape index (κ2) is 6.81. The van der Waals surface area contributed by atoms with Gasteiger partial charge in [0.25, 0.3) is 0 Å². The second-order valence-electron chi connectivity index (χ2n) is 9.89. The molecule has 2 fully saturated rings. The Morgan fingerprint density at radius 1 is 0.767 bits per heavy atom. The summed E-state index contributed by atoms with van der Waals surface area (Å²) in [4.78, 5) is 0. The number of hydrogen-bond acceptors (Lipinski definition) is 0. The normalized spacial score (nSPS) is 31.1. The molecule has 0 N–H and O–H groups in total. The lowest BCUT2D eigenvalue weighted by molar-refractivity contribution is 0.160. The number of fused-ring (bicyclic) bond motifs is 3. The molecule has 0 nitrogen and oxygen atoms in total. The standard InChI is InChI=1S/C28H26Br2/c1-16-10-19-12-17(2)26(11-16)28(19)24-8-4-3-6-23(24)27-22(7-5-9-25(27)28)18-13-20(29)15-21(30)14-18/h3-9,13-17,19,26H,10-12H2,1-2H3. The molecular weight excluding hydrogens is 496 g/mol. The second-order valence-corrected chi connectivity index (χ2v) is 11.7. The lowest BCUT2D eigenvalue weighted by Crippen LogP contribution is -2.42. The maximum atomic E-state index is 3.71. The van der Waals surface area contributed by atoms with Crippen molar-refractivity contribution in [3.8, 4) is 22.3 Å². The van der Waals surface area contributed by atoms with E-state index in [2.05, 4.69) is 106 Å². The van der Waals surface area contributed by atoms with E-state index in [0.717, 1.165) is 32.6 Å². The lowest BCUT2D eigenvalue weighted by Gasteiger charge is -2.46. The Kier molecular flexibility index (Phi) is 4.38. The van der Waals surface area contributed by atoms with Crippen molar-refractivity contribution in [2.45, 2.75) is 38.5 Å². The lowest BCUT2D eigenvalue weighted by atomic mass is 9.57. The molecule has 3 aliphatic rings. The molecule has 0 aromatic heterocycles. The largest absolute Gasteiger partial charge is 0.0625 e. The minimum absolute atomic E-state index is 0.205. The van der Waals surface area contributed by atoms with E-state index in [1.807, 2.05) is 0 Å². The Balaban J connectivity index is 1.67. The molecule has 30 heavy (non-hydrogen) atoms. The predicted octanol–water partition coefficient (Wildman–Crippen LogP) is 8.85. The van der Waals surface area contributed by atoms with Crippen LogP contribution in [0.5, 0.6) is 0 Å². The third-order valence-corrected chi connectivity index (χ3v) is 9.16. The molecule has 2 saturated carbocycles. The van der Waals surface area contributed by atoms with Crippen molar-refractivity contribution in [2.75, 3.05) is 0 Å². The molecule has 0 heterocycles. The molecule has 1 spiro atoms. The van der Waals surface area contributed by atoms with Gasteiger partial charge in [-0.1, -0.05) is 88.2 Å². The summed E-state index contributed by atoms with van der Waals surface area (Å²) in [5.74, 6) is 3.14. The smallest absolute Gasteiger partial charge is 0.0274 e. The van der Waals surface area contributed by atoms with Crippen LogP contribution in [-0.4, -0.2) is 0 Å². The summed E-state index contributed by atoms with van der Waals surface area (Å²) in [6.07, 6.45) is 4.09. The molecule has 0 radical (unpaired) electrons. The van der Waals surface area contributed by atoms with Crippen LogP contribution in [0.15, 0.2) is 69.6 Å². The van der Waals surface area contributed by atoms with Gasteiger partial charge >= 0.3 is 0 Å². The first-order chi connectivity index (χ1) is 14.5. The molecule has 0 saturated heterocycles. The Bertz CT molecular complexity index is 1140. The molecule has 5 unspecified atom stereocenters. The van der Waals surface area contributed by atoms with E-state index in [9.17, 15) is 0 Å². The zero-order valence-electron chi connectivity index (χ0n) is 17.5. The molecule has 3 aliphatic carbocycles. The van der Waals surface area contributed by atoms with Crippen LogP contribution in [0, 0.1) is 23.7 Å². The third-order valence-electron chi connectivity index (χ3n) is 8.24. The third kappa shape index (κ3) is 2.50. The van der Waals surface area contributed by atoms with Gasteiger partial charge in [0.1, 0.15) is 0 Å². The SMILES string of the molecule is CC1CC2CC(C)C(C1)C21c2ccccc2-c2c(-c3cc(Br)cc(Br)c3)cccc21. The van der Waals surface area contributed by atoms with Crippen LogP contribution < -0.4 is 0 Å². The van der Waals surface area contributed by atoms with Gasteiger partial charge in [0, 0.05) is 14.4 Å². The number of benzene rings is 3. The average molecular weight is 522 g/mol. The zero-order valence-corrected chi connectivity index (χ0v) is 20.6. The Morgan fingerprint density at radius 3 is 2.23 bits per heavy atom. The number of halogens is 2. The van der Waals surface area contributed by atoms with E-state index in [1.165, 1.54) is 41.5 Å². The zero-order chi connectivity index (χ0) is 20.6. The van der Waals surface area contributed by atoms with Crippen LogP contribution in [-0.2, 0) is 5.41 Å². The topological polar surface area (TPSA) is 0 Å². The van der Waals surface area contributed by atoms with E-state index in [-0.39, 0.29) is 5.41 Å². The quantitative estimate of drug-likeness (QED) is 0.300. The van der Waals surface area contributed by atoms with Crippen LogP contribution in [0.2, 0.25) is 0 Å². The summed E-state index contributed by atoms with van der Waals surface area (Å²) >= 11 is 7.41. The Morgan fingerprint density at radius 2 is 1.47 bits per heavy atom. The molecule has 6 rings (SSSR count). The van der Waals surface area contributed by atoms with E-state index < -0.39 is 0 Å². The summed E-state index contributed by atoms with van der Waals surface area (Å²) in [5, 5.41) is 0. The maximum absolute atomic E-state index is 3.71. The first-order valence-electron chi connectivity index (χ1n) is 11.2. The van der Waals surface area contributed by atoms with Crippen LogP contribution >= 0.6 is 31.9 Å². The predicted molar refractivity (Wildman–Crippen MR) is 133 cm³/mol. The first kappa shape index (κ1) is 19.3. The van der Waals surface area contributed by atoms with Gasteiger partial charge < -0.3 is 0 Å². The van der Waals surface area contributed by atoms with Crippen LogP contribution in [0.25, 0.3) is 22.3 Å². The highest BCUT2D eigenvalue weighted by atomic mass is 79.9. The highest BCUT2D eigenvalue weighted by molar-refractivity contribution is 9.11. The van der Waals surface area contributed by atoms with Gasteiger partial charge in [-0.05, 0) is 94.5 Å². The summed E-state index contributed by atoms with van der Waals surface area (Å²) in [6, 6.07) is 23.0. The average Bonchev–Trinajstić information content (AvgIpc) is 3.09. The van der Waals surface area contributed by atoms with Gasteiger partial charge in [0.15, 0.2) is 0 Å². The van der Waals surface area contributed by atoms with Gasteiger partial charge in [-0.25, -0.2) is 0 Å². The fraction of sp³-hybridized carbons (Fsp3) is 0.357. The summed E-state index contributed by atoms with van der Waals surface area (Å²) in [5.41, 5.74) is 9.01. The Labute approximate surface area is 196 Å². The van der Waals surface area contributed by atoms with Crippen molar-refractivity contribution in [1.82, 2.24) is 0 Å². The van der Waals surface area contributed by atoms with E-state index in [4.69, 9.17) is 0 Å². The molecule has 0 amide bonds. The monoisotopic (exact) mass is 520 g/mol. The molecule has 152 valence electrons. The molecular formula is C28H26Br2. The van der Waals surface area contributed by atoms with Gasteiger partial charge in [0.05, 0.1) is 0 Å². The molecule has 2 heteroatoms. The summed E-state index contributed by atoms with van der Waals surface area (Å²) in [7, 11) is 0. The number of rotatable bonds is 1. The Hall–Kier alpha value is -1.38. The highest BCUT2D eigenvalue weighted by Gasteiger charge is 2.61. The molecule has 2 bridgehead atoms. The van der Waals surface area contributed by atoms with Gasteiger partial charge in [0.2, 0.25) is 0 Å². The first-order valence-corrected chi connectivity index (χ1v) is 12.8.